The molecular weight excluding hydrogens is 408 g/mol. The lowest BCUT2D eigenvalue weighted by Crippen LogP contribution is -2.44. The number of benzene rings is 2. The van der Waals surface area contributed by atoms with Crippen molar-refractivity contribution >= 4 is 10.9 Å². The molecule has 33 heavy (non-hydrogen) atoms. The van der Waals surface area contributed by atoms with Crippen LogP contribution in [0.5, 0.6) is 0 Å². The Hall–Kier alpha value is -3.05. The van der Waals surface area contributed by atoms with Gasteiger partial charge in [0.15, 0.2) is 0 Å². The highest BCUT2D eigenvalue weighted by atomic mass is 16.4. The first-order chi connectivity index (χ1) is 16.2. The van der Waals surface area contributed by atoms with Crippen LogP contribution in [0.4, 0.5) is 0 Å². The van der Waals surface area contributed by atoms with Crippen LogP contribution in [0, 0.1) is 5.92 Å². The molecule has 1 fully saturated rings. The third-order valence-electron chi connectivity index (χ3n) is 6.68. The molecule has 2 aromatic heterocycles. The second-order valence-corrected chi connectivity index (χ2v) is 9.43. The molecule has 4 aromatic rings. The molecule has 0 saturated carbocycles. The van der Waals surface area contributed by atoms with Gasteiger partial charge in [-0.3, -0.25) is 9.88 Å². The quantitative estimate of drug-likeness (QED) is 0.308. The third kappa shape index (κ3) is 4.83. The van der Waals surface area contributed by atoms with Crippen molar-refractivity contribution in [1.82, 2.24) is 20.1 Å². The molecule has 5 rings (SSSR count). The van der Waals surface area contributed by atoms with E-state index in [1.54, 1.807) is 0 Å². The average Bonchev–Trinajstić information content (AvgIpc) is 3.29. The van der Waals surface area contributed by atoms with Crippen molar-refractivity contribution in [3.05, 3.63) is 77.8 Å². The van der Waals surface area contributed by atoms with Crippen LogP contribution >= 0.6 is 0 Å². The summed E-state index contributed by atoms with van der Waals surface area (Å²) in [7, 11) is 0. The van der Waals surface area contributed by atoms with E-state index < -0.39 is 0 Å². The van der Waals surface area contributed by atoms with Gasteiger partial charge in [0.05, 0.1) is 5.52 Å². The normalized spacial score (nSPS) is 15.6. The smallest absolute Gasteiger partial charge is 0.248 e. The van der Waals surface area contributed by atoms with E-state index >= 15 is 0 Å². The number of fused-ring (bicyclic) bond motifs is 1. The van der Waals surface area contributed by atoms with E-state index in [0.29, 0.717) is 17.7 Å². The maximum atomic E-state index is 6.22. The number of rotatable bonds is 9. The summed E-state index contributed by atoms with van der Waals surface area (Å²) in [4.78, 5) is 7.18. The van der Waals surface area contributed by atoms with Crippen molar-refractivity contribution in [2.24, 2.45) is 5.92 Å². The van der Waals surface area contributed by atoms with Crippen LogP contribution < -0.4 is 0 Å². The van der Waals surface area contributed by atoms with Gasteiger partial charge in [0.1, 0.15) is 0 Å². The SMILES string of the molecule is CCCCC(Cc1nnc(-c2ccc(CN3CC(C)C3)c3ncccc23)o1)c1ccccc1. The summed E-state index contributed by atoms with van der Waals surface area (Å²) in [5.41, 5.74) is 4.58. The molecule has 0 aliphatic carbocycles. The van der Waals surface area contributed by atoms with Crippen LogP contribution in [0.2, 0.25) is 0 Å². The summed E-state index contributed by atoms with van der Waals surface area (Å²) in [5.74, 6) is 2.46. The van der Waals surface area contributed by atoms with Crippen molar-refractivity contribution in [3.8, 4) is 11.5 Å². The van der Waals surface area contributed by atoms with E-state index in [2.05, 4.69) is 77.5 Å². The highest BCUT2D eigenvalue weighted by molar-refractivity contribution is 5.94. The Balaban J connectivity index is 1.40. The van der Waals surface area contributed by atoms with E-state index in [1.807, 2.05) is 12.3 Å². The number of likely N-dealkylation sites (tertiary alicyclic amines) is 1. The molecule has 0 spiro atoms. The van der Waals surface area contributed by atoms with Gasteiger partial charge in [-0.2, -0.15) is 0 Å². The zero-order valence-electron chi connectivity index (χ0n) is 19.6. The van der Waals surface area contributed by atoms with E-state index in [1.165, 1.54) is 24.0 Å². The second kappa shape index (κ2) is 9.84. The maximum Gasteiger partial charge on any atom is 0.248 e. The lowest BCUT2D eigenvalue weighted by molar-refractivity contribution is 0.105. The van der Waals surface area contributed by atoms with Gasteiger partial charge in [-0.25, -0.2) is 0 Å². The Kier molecular flexibility index (Phi) is 6.49. The predicted octanol–water partition coefficient (Wildman–Crippen LogP) is 6.25. The maximum absolute atomic E-state index is 6.22. The molecule has 1 aliphatic rings. The van der Waals surface area contributed by atoms with Gasteiger partial charge in [0, 0.05) is 43.2 Å². The van der Waals surface area contributed by atoms with Gasteiger partial charge in [-0.1, -0.05) is 69.2 Å². The number of aromatic nitrogens is 3. The molecule has 5 heteroatoms. The Labute approximate surface area is 195 Å². The molecule has 0 amide bonds. The van der Waals surface area contributed by atoms with E-state index in [0.717, 1.165) is 54.9 Å². The lowest BCUT2D eigenvalue weighted by atomic mass is 9.91. The lowest BCUT2D eigenvalue weighted by Gasteiger charge is -2.37. The number of nitrogens with zero attached hydrogens (tertiary/aromatic N) is 4. The van der Waals surface area contributed by atoms with Gasteiger partial charge in [-0.05, 0) is 41.5 Å². The van der Waals surface area contributed by atoms with Crippen molar-refractivity contribution < 1.29 is 4.42 Å². The second-order valence-electron chi connectivity index (χ2n) is 9.43. The first kappa shape index (κ1) is 21.8. The molecular formula is C28H32N4O. The number of unbranched alkanes of at least 4 members (excludes halogenated alkanes) is 1. The minimum Gasteiger partial charge on any atom is -0.421 e. The minimum absolute atomic E-state index is 0.388. The molecule has 0 bridgehead atoms. The molecule has 1 saturated heterocycles. The van der Waals surface area contributed by atoms with E-state index in [9.17, 15) is 0 Å². The first-order valence-electron chi connectivity index (χ1n) is 12.2. The van der Waals surface area contributed by atoms with E-state index in [-0.39, 0.29) is 0 Å². The van der Waals surface area contributed by atoms with Crippen molar-refractivity contribution in [2.75, 3.05) is 13.1 Å². The van der Waals surface area contributed by atoms with Crippen molar-refractivity contribution in [3.63, 3.8) is 0 Å². The highest BCUT2D eigenvalue weighted by Crippen LogP contribution is 2.32. The molecule has 5 nitrogen and oxygen atoms in total. The van der Waals surface area contributed by atoms with Gasteiger partial charge in [0.2, 0.25) is 11.8 Å². The van der Waals surface area contributed by atoms with Crippen LogP contribution in [0.25, 0.3) is 22.4 Å². The molecule has 0 radical (unpaired) electrons. The summed E-state index contributed by atoms with van der Waals surface area (Å²) >= 11 is 0. The first-order valence-corrected chi connectivity index (χ1v) is 12.2. The molecule has 1 aliphatic heterocycles. The van der Waals surface area contributed by atoms with E-state index in [4.69, 9.17) is 9.40 Å². The Bertz CT molecular complexity index is 1200. The summed E-state index contributed by atoms with van der Waals surface area (Å²) in [6.07, 6.45) is 6.12. The molecule has 1 unspecified atom stereocenters. The zero-order valence-corrected chi connectivity index (χ0v) is 19.6. The van der Waals surface area contributed by atoms with Crippen molar-refractivity contribution in [2.45, 2.75) is 52.0 Å². The fourth-order valence-corrected chi connectivity index (χ4v) is 4.96. The fraction of sp³-hybridized carbons (Fsp3) is 0.393. The van der Waals surface area contributed by atoms with Gasteiger partial charge >= 0.3 is 0 Å². The standard InChI is InChI=1S/C28H32N4O/c1-3-4-9-22(21-10-6-5-7-11-21)16-26-30-31-28(33-26)25-14-13-23(19-32-17-20(2)18-32)27-24(25)12-8-15-29-27/h5-8,10-15,20,22H,3-4,9,16-19H2,1-2H3. The molecule has 170 valence electrons. The average molecular weight is 441 g/mol. The monoisotopic (exact) mass is 440 g/mol. The largest absolute Gasteiger partial charge is 0.421 e. The predicted molar refractivity (Wildman–Crippen MR) is 132 cm³/mol. The Morgan fingerprint density at radius 2 is 1.88 bits per heavy atom. The highest BCUT2D eigenvalue weighted by Gasteiger charge is 2.24. The van der Waals surface area contributed by atoms with Gasteiger partial charge in [-0.15, -0.1) is 10.2 Å². The number of hydrogen-bond acceptors (Lipinski definition) is 5. The summed E-state index contributed by atoms with van der Waals surface area (Å²) in [6.45, 7) is 7.78. The topological polar surface area (TPSA) is 55.1 Å². The number of hydrogen-bond donors (Lipinski definition) is 0. The summed E-state index contributed by atoms with van der Waals surface area (Å²) in [5, 5.41) is 9.94. The minimum atomic E-state index is 0.388. The van der Waals surface area contributed by atoms with Gasteiger partial charge in [0.25, 0.3) is 0 Å². The van der Waals surface area contributed by atoms with Gasteiger partial charge < -0.3 is 4.42 Å². The van der Waals surface area contributed by atoms with Crippen LogP contribution in [0.15, 0.2) is 65.2 Å². The number of pyridine rings is 1. The molecule has 0 N–H and O–H groups in total. The van der Waals surface area contributed by atoms with Crippen LogP contribution in [0.1, 0.15) is 56.0 Å². The van der Waals surface area contributed by atoms with Crippen LogP contribution in [0.3, 0.4) is 0 Å². The Morgan fingerprint density at radius 3 is 2.67 bits per heavy atom. The third-order valence-corrected chi connectivity index (χ3v) is 6.68. The fourth-order valence-electron chi connectivity index (χ4n) is 4.96. The van der Waals surface area contributed by atoms with Crippen LogP contribution in [-0.2, 0) is 13.0 Å². The zero-order chi connectivity index (χ0) is 22.6. The summed E-state index contributed by atoms with van der Waals surface area (Å²) < 4.78 is 6.22. The summed E-state index contributed by atoms with van der Waals surface area (Å²) in [6, 6.07) is 19.1. The van der Waals surface area contributed by atoms with Crippen molar-refractivity contribution in [1.29, 1.82) is 0 Å². The van der Waals surface area contributed by atoms with Crippen LogP contribution in [-0.4, -0.2) is 33.2 Å². The molecule has 2 aromatic carbocycles. The molecule has 3 heterocycles. The Morgan fingerprint density at radius 1 is 1.03 bits per heavy atom. The molecule has 1 atom stereocenters.